The largest absolute Gasteiger partial charge is 0.508 e. The van der Waals surface area contributed by atoms with E-state index in [2.05, 4.69) is 10.6 Å². The van der Waals surface area contributed by atoms with Crippen molar-refractivity contribution in [2.24, 2.45) is 5.73 Å². The number of ether oxygens (including phenoxy) is 1. The summed E-state index contributed by atoms with van der Waals surface area (Å²) in [5.74, 6) is -1.83. The van der Waals surface area contributed by atoms with Gasteiger partial charge in [0.25, 0.3) is 0 Å². The van der Waals surface area contributed by atoms with Gasteiger partial charge < -0.3 is 31.1 Å². The van der Waals surface area contributed by atoms with Gasteiger partial charge in [0, 0.05) is 12.6 Å². The lowest BCUT2D eigenvalue weighted by Crippen LogP contribution is -2.54. The summed E-state index contributed by atoms with van der Waals surface area (Å²) in [4.78, 5) is 52.6. The van der Waals surface area contributed by atoms with Crippen LogP contribution in [0.15, 0.2) is 24.3 Å². The zero-order valence-corrected chi connectivity index (χ0v) is 21.6. The number of primary amides is 1. The highest BCUT2D eigenvalue weighted by molar-refractivity contribution is 5.94. The highest BCUT2D eigenvalue weighted by Crippen LogP contribution is 2.25. The van der Waals surface area contributed by atoms with E-state index < -0.39 is 47.9 Å². The van der Waals surface area contributed by atoms with E-state index in [9.17, 15) is 24.3 Å². The quantitative estimate of drug-likeness (QED) is 0.352. The second-order valence-corrected chi connectivity index (χ2v) is 9.59. The van der Waals surface area contributed by atoms with Crippen LogP contribution in [0.25, 0.3) is 0 Å². The number of nitrogens with one attached hydrogen (secondary N) is 2. The molecular formula is C25H40N4O6. The van der Waals surface area contributed by atoms with E-state index in [1.807, 2.05) is 20.8 Å². The number of hydrogen-bond donors (Lipinski definition) is 4. The molecule has 0 spiro atoms. The molecule has 0 saturated carbocycles. The number of nitrogens with two attached hydrogens (primary N) is 1. The summed E-state index contributed by atoms with van der Waals surface area (Å²) >= 11 is 0. The average Bonchev–Trinajstić information content (AvgIpc) is 2.72. The fourth-order valence-electron chi connectivity index (χ4n) is 3.62. The number of carbonyl (C=O) groups excluding carboxylic acids is 4. The van der Waals surface area contributed by atoms with Crippen molar-refractivity contribution in [3.8, 4) is 5.75 Å². The van der Waals surface area contributed by atoms with Gasteiger partial charge in [-0.25, -0.2) is 4.79 Å². The second kappa shape index (κ2) is 13.6. The van der Waals surface area contributed by atoms with Gasteiger partial charge in [0.1, 0.15) is 23.4 Å². The number of carbonyl (C=O) groups is 4. The third-order valence-electron chi connectivity index (χ3n) is 5.02. The molecule has 0 heterocycles. The van der Waals surface area contributed by atoms with Crippen molar-refractivity contribution in [3.63, 3.8) is 0 Å². The number of hydrogen-bond acceptors (Lipinski definition) is 6. The van der Waals surface area contributed by atoms with E-state index in [0.29, 0.717) is 12.0 Å². The maximum atomic E-state index is 13.7. The molecule has 3 atom stereocenters. The Morgan fingerprint density at radius 3 is 2.14 bits per heavy atom. The fraction of sp³-hybridized carbons (Fsp3) is 0.600. The highest BCUT2D eigenvalue weighted by atomic mass is 16.6. The number of phenolic OH excluding ortho intramolecular Hbond substituents is 1. The van der Waals surface area contributed by atoms with Gasteiger partial charge in [-0.3, -0.25) is 14.4 Å². The lowest BCUT2D eigenvalue weighted by molar-refractivity contribution is -0.143. The molecule has 1 rings (SSSR count). The third-order valence-corrected chi connectivity index (χ3v) is 5.02. The number of phenols is 1. The predicted octanol–water partition coefficient (Wildman–Crippen LogP) is 2.75. The number of amides is 4. The molecule has 196 valence electrons. The highest BCUT2D eigenvalue weighted by Gasteiger charge is 2.36. The van der Waals surface area contributed by atoms with Crippen molar-refractivity contribution < 1.29 is 29.0 Å². The van der Waals surface area contributed by atoms with E-state index in [0.717, 1.165) is 12.8 Å². The van der Waals surface area contributed by atoms with Crippen molar-refractivity contribution in [2.75, 3.05) is 6.54 Å². The second-order valence-electron chi connectivity index (χ2n) is 9.59. The van der Waals surface area contributed by atoms with E-state index in [4.69, 9.17) is 10.5 Å². The van der Waals surface area contributed by atoms with E-state index in [1.54, 1.807) is 32.9 Å². The van der Waals surface area contributed by atoms with Gasteiger partial charge in [0.05, 0.1) is 6.42 Å². The summed E-state index contributed by atoms with van der Waals surface area (Å²) in [7, 11) is 0. The van der Waals surface area contributed by atoms with Gasteiger partial charge in [-0.2, -0.15) is 0 Å². The Bertz CT molecular complexity index is 866. The predicted molar refractivity (Wildman–Crippen MR) is 132 cm³/mol. The first-order chi connectivity index (χ1) is 16.3. The SMILES string of the molecule is CCCC(C)NC(=O)C(c1ccc(O)cc1)N(CCC)C(=O)C(CC(N)=O)NC(=O)OC(C)(C)C. The molecule has 0 saturated heterocycles. The summed E-state index contributed by atoms with van der Waals surface area (Å²) in [6, 6.07) is 3.47. The smallest absolute Gasteiger partial charge is 0.408 e. The van der Waals surface area contributed by atoms with E-state index in [1.165, 1.54) is 17.0 Å². The van der Waals surface area contributed by atoms with Crippen LogP contribution in [-0.4, -0.2) is 58.1 Å². The Morgan fingerprint density at radius 1 is 1.06 bits per heavy atom. The first-order valence-corrected chi connectivity index (χ1v) is 12.0. The molecule has 0 aromatic heterocycles. The molecule has 0 aliphatic heterocycles. The van der Waals surface area contributed by atoms with Gasteiger partial charge in [0.2, 0.25) is 17.7 Å². The molecule has 4 amide bonds. The Kier molecular flexibility index (Phi) is 11.5. The molecule has 10 nitrogen and oxygen atoms in total. The zero-order valence-electron chi connectivity index (χ0n) is 21.6. The van der Waals surface area contributed by atoms with Crippen LogP contribution in [0.2, 0.25) is 0 Å². The fourth-order valence-corrected chi connectivity index (χ4v) is 3.62. The minimum Gasteiger partial charge on any atom is -0.508 e. The third kappa shape index (κ3) is 10.2. The van der Waals surface area contributed by atoms with Gasteiger partial charge in [-0.15, -0.1) is 0 Å². The molecule has 10 heteroatoms. The normalized spacial score (nSPS) is 13.8. The summed E-state index contributed by atoms with van der Waals surface area (Å²) in [5, 5.41) is 15.1. The Morgan fingerprint density at radius 2 is 1.66 bits per heavy atom. The minimum absolute atomic E-state index is 0.0128. The molecule has 5 N–H and O–H groups in total. The maximum Gasteiger partial charge on any atom is 0.408 e. The van der Waals surface area contributed by atoms with E-state index in [-0.39, 0.29) is 18.3 Å². The molecule has 0 radical (unpaired) electrons. The molecule has 3 unspecified atom stereocenters. The lowest BCUT2D eigenvalue weighted by Gasteiger charge is -2.34. The minimum atomic E-state index is -1.32. The van der Waals surface area contributed by atoms with Crippen molar-refractivity contribution in [1.82, 2.24) is 15.5 Å². The molecule has 0 bridgehead atoms. The molecule has 0 aliphatic carbocycles. The van der Waals surface area contributed by atoms with Crippen LogP contribution >= 0.6 is 0 Å². The zero-order chi connectivity index (χ0) is 26.8. The van der Waals surface area contributed by atoms with E-state index >= 15 is 0 Å². The molecule has 1 aromatic rings. The van der Waals surface area contributed by atoms with Crippen molar-refractivity contribution in [3.05, 3.63) is 29.8 Å². The number of rotatable bonds is 12. The molecular weight excluding hydrogens is 452 g/mol. The number of nitrogens with zero attached hydrogens (tertiary/aromatic N) is 1. The van der Waals surface area contributed by atoms with Crippen LogP contribution < -0.4 is 16.4 Å². The first kappa shape index (κ1) is 29.7. The number of aromatic hydroxyl groups is 1. The average molecular weight is 493 g/mol. The van der Waals surface area contributed by atoms with Crippen molar-refractivity contribution in [1.29, 1.82) is 0 Å². The first-order valence-electron chi connectivity index (χ1n) is 12.0. The lowest BCUT2D eigenvalue weighted by atomic mass is 10.0. The molecule has 35 heavy (non-hydrogen) atoms. The van der Waals surface area contributed by atoms with Gasteiger partial charge in [-0.05, 0) is 58.2 Å². The van der Waals surface area contributed by atoms with Crippen molar-refractivity contribution in [2.45, 2.75) is 91.0 Å². The Hall–Kier alpha value is -3.30. The summed E-state index contributed by atoms with van der Waals surface area (Å²) in [6.45, 7) is 10.9. The standard InChI is InChI=1S/C25H40N4O6/c1-7-9-16(3)27-22(32)21(17-10-12-18(30)13-11-17)29(14-8-2)23(33)19(15-20(26)31)28-24(34)35-25(4,5)6/h10-13,16,19,21,30H,7-9,14-15H2,1-6H3,(H2,26,31)(H,27,32)(H,28,34). The number of alkyl carbamates (subject to hydrolysis) is 1. The summed E-state index contributed by atoms with van der Waals surface area (Å²) in [6.07, 6.45) is 0.780. The topological polar surface area (TPSA) is 151 Å². The molecule has 0 fully saturated rings. The van der Waals surface area contributed by atoms with Gasteiger partial charge >= 0.3 is 6.09 Å². The van der Waals surface area contributed by atoms with Crippen LogP contribution in [0.5, 0.6) is 5.75 Å². The van der Waals surface area contributed by atoms with Crippen LogP contribution in [0.4, 0.5) is 4.79 Å². The van der Waals surface area contributed by atoms with Crippen LogP contribution in [0.1, 0.15) is 78.8 Å². The molecule has 1 aromatic carbocycles. The monoisotopic (exact) mass is 492 g/mol. The van der Waals surface area contributed by atoms with Crippen molar-refractivity contribution >= 4 is 23.8 Å². The number of benzene rings is 1. The Labute approximate surface area is 207 Å². The van der Waals surface area contributed by atoms with Crippen LogP contribution in [0, 0.1) is 0 Å². The van der Waals surface area contributed by atoms with Crippen LogP contribution in [-0.2, 0) is 19.1 Å². The summed E-state index contributed by atoms with van der Waals surface area (Å²) < 4.78 is 5.24. The summed E-state index contributed by atoms with van der Waals surface area (Å²) in [5.41, 5.74) is 5.01. The van der Waals surface area contributed by atoms with Gasteiger partial charge in [-0.1, -0.05) is 32.4 Å². The molecule has 0 aliphatic rings. The Balaban J connectivity index is 3.41. The van der Waals surface area contributed by atoms with Gasteiger partial charge in [0.15, 0.2) is 0 Å². The van der Waals surface area contributed by atoms with Crippen LogP contribution in [0.3, 0.4) is 0 Å². The maximum absolute atomic E-state index is 13.7.